The Morgan fingerprint density at radius 1 is 1.35 bits per heavy atom. The van der Waals surface area contributed by atoms with E-state index in [-0.39, 0.29) is 24.8 Å². The average molecular weight is 281 g/mol. The molecule has 7 heteroatoms. The standard InChI is InChI=1S/C13H13F2N3O2/c14-9-4-3-8(6-10(9)15)7-12(19)18-11(13(17)20)2-1-5-16/h3-4,6,11H,1-2,7H2,(H2,17,20)(H,18,19)/t11-/m0/s1. The van der Waals surface area contributed by atoms with Crippen molar-refractivity contribution >= 4 is 11.8 Å². The Kier molecular flexibility index (Phi) is 5.59. The van der Waals surface area contributed by atoms with Gasteiger partial charge in [-0.1, -0.05) is 6.07 Å². The third-order valence-electron chi connectivity index (χ3n) is 2.57. The lowest BCUT2D eigenvalue weighted by atomic mass is 10.1. The van der Waals surface area contributed by atoms with Crippen molar-refractivity contribution in [2.24, 2.45) is 5.73 Å². The second kappa shape index (κ2) is 7.19. The minimum absolute atomic E-state index is 0.0685. The molecule has 0 aromatic heterocycles. The van der Waals surface area contributed by atoms with Gasteiger partial charge in [0.05, 0.1) is 12.5 Å². The van der Waals surface area contributed by atoms with Crippen molar-refractivity contribution < 1.29 is 18.4 Å². The summed E-state index contributed by atoms with van der Waals surface area (Å²) in [5.74, 6) is -3.36. The number of hydrogen-bond donors (Lipinski definition) is 2. The molecule has 0 bridgehead atoms. The number of nitrogens with two attached hydrogens (primary N) is 1. The predicted molar refractivity (Wildman–Crippen MR) is 66.0 cm³/mol. The van der Waals surface area contributed by atoms with E-state index in [1.54, 1.807) is 0 Å². The van der Waals surface area contributed by atoms with Crippen LogP contribution in [0.25, 0.3) is 0 Å². The quantitative estimate of drug-likeness (QED) is 0.806. The van der Waals surface area contributed by atoms with E-state index >= 15 is 0 Å². The first-order chi connectivity index (χ1) is 9.43. The molecule has 1 atom stereocenters. The number of carbonyl (C=O) groups excluding carboxylic acids is 2. The maximum absolute atomic E-state index is 13.0. The lowest BCUT2D eigenvalue weighted by molar-refractivity contribution is -0.127. The molecule has 0 aliphatic rings. The van der Waals surface area contributed by atoms with Gasteiger partial charge in [-0.15, -0.1) is 0 Å². The van der Waals surface area contributed by atoms with Crippen LogP contribution in [0.2, 0.25) is 0 Å². The van der Waals surface area contributed by atoms with Gasteiger partial charge in [0.25, 0.3) is 0 Å². The van der Waals surface area contributed by atoms with Crippen LogP contribution in [0.5, 0.6) is 0 Å². The average Bonchev–Trinajstić information content (AvgIpc) is 2.38. The summed E-state index contributed by atoms with van der Waals surface area (Å²) >= 11 is 0. The zero-order valence-corrected chi connectivity index (χ0v) is 10.5. The van der Waals surface area contributed by atoms with Gasteiger partial charge in [-0.3, -0.25) is 9.59 Å². The Morgan fingerprint density at radius 3 is 2.60 bits per heavy atom. The molecule has 0 aliphatic carbocycles. The fourth-order valence-electron chi connectivity index (χ4n) is 1.57. The highest BCUT2D eigenvalue weighted by atomic mass is 19.2. The number of nitrogens with zero attached hydrogens (tertiary/aromatic N) is 1. The van der Waals surface area contributed by atoms with Crippen molar-refractivity contribution in [3.05, 3.63) is 35.4 Å². The van der Waals surface area contributed by atoms with Crippen molar-refractivity contribution in [3.8, 4) is 6.07 Å². The highest BCUT2D eigenvalue weighted by Crippen LogP contribution is 2.09. The van der Waals surface area contributed by atoms with Crippen LogP contribution in [0.4, 0.5) is 8.78 Å². The Labute approximate surface area is 114 Å². The zero-order chi connectivity index (χ0) is 15.1. The summed E-state index contributed by atoms with van der Waals surface area (Å²) in [5, 5.41) is 10.8. The van der Waals surface area contributed by atoms with Crippen LogP contribution < -0.4 is 11.1 Å². The number of rotatable bonds is 6. The second-order valence-electron chi connectivity index (χ2n) is 4.14. The molecular formula is C13H13F2N3O2. The molecule has 0 fully saturated rings. The van der Waals surface area contributed by atoms with Crippen LogP contribution in [0.1, 0.15) is 18.4 Å². The van der Waals surface area contributed by atoms with Gasteiger partial charge in [-0.2, -0.15) is 5.26 Å². The molecule has 0 unspecified atom stereocenters. The van der Waals surface area contributed by atoms with E-state index in [9.17, 15) is 18.4 Å². The summed E-state index contributed by atoms with van der Waals surface area (Å²) in [6.45, 7) is 0. The first-order valence-electron chi connectivity index (χ1n) is 5.83. The summed E-state index contributed by atoms with van der Waals surface area (Å²) in [5.41, 5.74) is 5.36. The van der Waals surface area contributed by atoms with Gasteiger partial charge in [-0.25, -0.2) is 8.78 Å². The van der Waals surface area contributed by atoms with Gasteiger partial charge < -0.3 is 11.1 Å². The molecule has 1 rings (SSSR count). The number of benzene rings is 1. The molecule has 0 radical (unpaired) electrons. The Bertz CT molecular complexity index is 555. The van der Waals surface area contributed by atoms with Crippen LogP contribution in [0.3, 0.4) is 0 Å². The van der Waals surface area contributed by atoms with Gasteiger partial charge >= 0.3 is 0 Å². The molecular weight excluding hydrogens is 268 g/mol. The van der Waals surface area contributed by atoms with Crippen LogP contribution in [0.15, 0.2) is 18.2 Å². The van der Waals surface area contributed by atoms with E-state index in [4.69, 9.17) is 11.0 Å². The summed E-state index contributed by atoms with van der Waals surface area (Å²) < 4.78 is 25.7. The van der Waals surface area contributed by atoms with Crippen molar-refractivity contribution in [2.75, 3.05) is 0 Å². The zero-order valence-electron chi connectivity index (χ0n) is 10.5. The lowest BCUT2D eigenvalue weighted by Crippen LogP contribution is -2.44. The maximum atomic E-state index is 13.0. The number of nitriles is 1. The van der Waals surface area contributed by atoms with E-state index in [2.05, 4.69) is 5.32 Å². The predicted octanol–water partition coefficient (Wildman–Crippen LogP) is 0.781. The normalized spacial score (nSPS) is 11.4. The molecule has 2 amide bonds. The first kappa shape index (κ1) is 15.6. The summed E-state index contributed by atoms with van der Waals surface area (Å²) in [6.07, 6.45) is -0.0397. The number of nitrogens with one attached hydrogen (secondary N) is 1. The summed E-state index contributed by atoms with van der Waals surface area (Å²) in [4.78, 5) is 22.7. The Morgan fingerprint density at radius 2 is 2.05 bits per heavy atom. The van der Waals surface area contributed by atoms with E-state index < -0.39 is 29.5 Å². The fraction of sp³-hybridized carbons (Fsp3) is 0.308. The highest BCUT2D eigenvalue weighted by Gasteiger charge is 2.18. The Balaban J connectivity index is 2.63. The third kappa shape index (κ3) is 4.65. The molecule has 0 saturated carbocycles. The molecule has 5 nitrogen and oxygen atoms in total. The van der Waals surface area contributed by atoms with Gasteiger partial charge in [0.1, 0.15) is 6.04 Å². The molecule has 106 valence electrons. The van der Waals surface area contributed by atoms with E-state index in [0.29, 0.717) is 0 Å². The topological polar surface area (TPSA) is 96.0 Å². The van der Waals surface area contributed by atoms with Gasteiger partial charge in [-0.05, 0) is 24.1 Å². The SMILES string of the molecule is N#CCC[C@H](NC(=O)Cc1ccc(F)c(F)c1)C(N)=O. The summed E-state index contributed by atoms with van der Waals surface area (Å²) in [7, 11) is 0. The Hall–Kier alpha value is -2.49. The third-order valence-corrected chi connectivity index (χ3v) is 2.57. The van der Waals surface area contributed by atoms with Crippen molar-refractivity contribution in [2.45, 2.75) is 25.3 Å². The molecule has 0 heterocycles. The number of hydrogen-bond acceptors (Lipinski definition) is 3. The van der Waals surface area contributed by atoms with E-state index in [1.807, 2.05) is 6.07 Å². The first-order valence-corrected chi connectivity index (χ1v) is 5.83. The smallest absolute Gasteiger partial charge is 0.240 e. The molecule has 3 N–H and O–H groups in total. The van der Waals surface area contributed by atoms with Gasteiger partial charge in [0.2, 0.25) is 11.8 Å². The minimum atomic E-state index is -1.05. The number of carbonyl (C=O) groups is 2. The minimum Gasteiger partial charge on any atom is -0.368 e. The number of primary amides is 1. The van der Waals surface area contributed by atoms with Crippen LogP contribution in [0, 0.1) is 23.0 Å². The fourth-order valence-corrected chi connectivity index (χ4v) is 1.57. The van der Waals surface area contributed by atoms with Crippen LogP contribution in [-0.2, 0) is 16.0 Å². The maximum Gasteiger partial charge on any atom is 0.240 e. The molecule has 1 aromatic rings. The number of halogens is 2. The second-order valence-corrected chi connectivity index (χ2v) is 4.14. The van der Waals surface area contributed by atoms with Crippen LogP contribution in [-0.4, -0.2) is 17.9 Å². The highest BCUT2D eigenvalue weighted by molar-refractivity contribution is 5.87. The van der Waals surface area contributed by atoms with Crippen molar-refractivity contribution in [1.82, 2.24) is 5.32 Å². The molecule has 0 aliphatic heterocycles. The van der Waals surface area contributed by atoms with Gasteiger partial charge in [0, 0.05) is 6.42 Å². The van der Waals surface area contributed by atoms with E-state index in [1.165, 1.54) is 6.07 Å². The number of amides is 2. The molecule has 20 heavy (non-hydrogen) atoms. The van der Waals surface area contributed by atoms with Crippen molar-refractivity contribution in [1.29, 1.82) is 5.26 Å². The van der Waals surface area contributed by atoms with Gasteiger partial charge in [0.15, 0.2) is 11.6 Å². The molecule has 0 spiro atoms. The van der Waals surface area contributed by atoms with E-state index in [0.717, 1.165) is 12.1 Å². The molecule has 0 saturated heterocycles. The molecule has 1 aromatic carbocycles. The lowest BCUT2D eigenvalue weighted by Gasteiger charge is -2.14. The van der Waals surface area contributed by atoms with Crippen LogP contribution >= 0.6 is 0 Å². The summed E-state index contributed by atoms with van der Waals surface area (Å²) in [6, 6.07) is 3.98. The largest absolute Gasteiger partial charge is 0.368 e. The van der Waals surface area contributed by atoms with Crippen molar-refractivity contribution in [3.63, 3.8) is 0 Å². The monoisotopic (exact) mass is 281 g/mol.